The first kappa shape index (κ1) is 41.4. The molecule has 4 N–H and O–H groups in total. The van der Waals surface area contributed by atoms with E-state index in [0.717, 1.165) is 54.1 Å². The summed E-state index contributed by atoms with van der Waals surface area (Å²) in [4.78, 5) is 94.0. The number of piperidine rings is 2. The van der Waals surface area contributed by atoms with Crippen LogP contribution in [0.15, 0.2) is 67.0 Å². The molecule has 4 fully saturated rings. The van der Waals surface area contributed by atoms with Crippen molar-refractivity contribution in [2.75, 3.05) is 79.5 Å². The fraction of sp³-hybridized carbons (Fsp3) is 0.370. The minimum atomic E-state index is -0.993. The summed E-state index contributed by atoms with van der Waals surface area (Å²) in [6.45, 7) is 6.54. The van der Waals surface area contributed by atoms with E-state index in [1.54, 1.807) is 35.2 Å². The first-order chi connectivity index (χ1) is 32.1. The van der Waals surface area contributed by atoms with E-state index in [1.807, 2.05) is 24.3 Å². The molecular formula is C46H46FN13O6. The molecule has 0 aliphatic carbocycles. The largest absolute Gasteiger partial charge is 0.378 e. The topological polar surface area (TPSA) is 216 Å². The number of H-pyrrole nitrogens is 1. The highest BCUT2D eigenvalue weighted by molar-refractivity contribution is 6.23. The van der Waals surface area contributed by atoms with Crippen molar-refractivity contribution >= 4 is 74.9 Å². The summed E-state index contributed by atoms with van der Waals surface area (Å²) in [5.74, 6) is -0.393. The number of morpholine rings is 1. The maximum Gasteiger partial charge on any atom is 0.262 e. The lowest BCUT2D eigenvalue weighted by Gasteiger charge is -2.42. The van der Waals surface area contributed by atoms with Crippen LogP contribution in [0.2, 0.25) is 0 Å². The Balaban J connectivity index is 0.673. The molecule has 1 unspecified atom stereocenters. The van der Waals surface area contributed by atoms with Gasteiger partial charge in [-0.1, -0.05) is 6.07 Å². The van der Waals surface area contributed by atoms with Gasteiger partial charge in [-0.25, -0.2) is 14.4 Å². The standard InChI is InChI=1S/C46H46FN13O6/c47-28-2-1-3-31(18-28)59-25-49-39-40(54-46(55-41(39)59)58-14-16-66-17-15-58)48-21-37-51-34-7-4-29(19-35(34)52-37)50-42(62)27-23-56(24-27)22-26-10-12-57(13-11-26)30-5-6-32-33(20-30)45(65)60(44(32)64)36-8-9-38(61)53-43(36)63/h1-7,18-20,25-27,36H,8-17,21-24H2,(H,50,62)(H,51,52)(H,48,54,55)(H,53,61,63). The quantitative estimate of drug-likeness (QED) is 0.137. The number of halogens is 1. The predicted octanol–water partition coefficient (Wildman–Crippen LogP) is 3.47. The fourth-order valence-corrected chi connectivity index (χ4v) is 9.65. The van der Waals surface area contributed by atoms with Gasteiger partial charge in [0.2, 0.25) is 23.7 Å². The minimum Gasteiger partial charge on any atom is -0.378 e. The number of likely N-dealkylation sites (tertiary alicyclic amines) is 1. The number of hydrogen-bond donors (Lipinski definition) is 4. The summed E-state index contributed by atoms with van der Waals surface area (Å²) in [5.41, 5.74) is 5.29. The lowest BCUT2D eigenvalue weighted by Crippen LogP contribution is -2.54. The van der Waals surface area contributed by atoms with E-state index in [9.17, 15) is 28.4 Å². The summed E-state index contributed by atoms with van der Waals surface area (Å²) in [6.07, 6.45) is 3.70. The van der Waals surface area contributed by atoms with Crippen molar-refractivity contribution in [3.8, 4) is 5.69 Å². The van der Waals surface area contributed by atoms with Crippen LogP contribution in [0.3, 0.4) is 0 Å². The molecule has 20 heteroatoms. The van der Waals surface area contributed by atoms with E-state index in [2.05, 4.69) is 40.6 Å². The Kier molecular flexibility index (Phi) is 10.6. The number of imidazole rings is 2. The number of rotatable bonds is 11. The number of benzene rings is 3. The van der Waals surface area contributed by atoms with Gasteiger partial charge in [0.15, 0.2) is 17.0 Å². The highest BCUT2D eigenvalue weighted by atomic mass is 19.1. The first-order valence-corrected chi connectivity index (χ1v) is 22.3. The summed E-state index contributed by atoms with van der Waals surface area (Å²) < 4.78 is 21.5. The van der Waals surface area contributed by atoms with E-state index in [0.29, 0.717) is 92.0 Å². The molecule has 8 heterocycles. The summed E-state index contributed by atoms with van der Waals surface area (Å²) in [7, 11) is 0. The van der Waals surface area contributed by atoms with E-state index >= 15 is 0 Å². The molecule has 66 heavy (non-hydrogen) atoms. The van der Waals surface area contributed by atoms with E-state index < -0.39 is 29.7 Å². The van der Waals surface area contributed by atoms with Crippen molar-refractivity contribution in [2.24, 2.45) is 11.8 Å². The molecule has 1 atom stereocenters. The number of fused-ring (bicyclic) bond motifs is 3. The predicted molar refractivity (Wildman–Crippen MR) is 240 cm³/mol. The number of carbonyl (C=O) groups is 5. The first-order valence-electron chi connectivity index (χ1n) is 22.3. The number of amides is 5. The number of aromatic amines is 1. The third kappa shape index (κ3) is 7.84. The zero-order valence-electron chi connectivity index (χ0n) is 35.8. The molecule has 5 aliphatic rings. The van der Waals surface area contributed by atoms with Crippen molar-refractivity contribution in [3.63, 3.8) is 0 Å². The van der Waals surface area contributed by atoms with E-state index in [-0.39, 0.29) is 41.6 Å². The lowest BCUT2D eigenvalue weighted by molar-refractivity contribution is -0.136. The van der Waals surface area contributed by atoms with Gasteiger partial charge < -0.3 is 35.1 Å². The Morgan fingerprint density at radius 1 is 0.848 bits per heavy atom. The second kappa shape index (κ2) is 16.9. The summed E-state index contributed by atoms with van der Waals surface area (Å²) in [5, 5.41) is 8.72. The summed E-state index contributed by atoms with van der Waals surface area (Å²) in [6, 6.07) is 16.2. The fourth-order valence-electron chi connectivity index (χ4n) is 9.65. The number of carbonyl (C=O) groups excluding carboxylic acids is 5. The number of nitrogens with one attached hydrogen (secondary N) is 4. The Morgan fingerprint density at radius 2 is 1.67 bits per heavy atom. The van der Waals surface area contributed by atoms with Crippen LogP contribution in [0.4, 0.5) is 27.5 Å². The molecular weight excluding hydrogens is 850 g/mol. The smallest absolute Gasteiger partial charge is 0.262 e. The molecule has 5 amide bonds. The second-order valence-electron chi connectivity index (χ2n) is 17.5. The van der Waals surface area contributed by atoms with Crippen LogP contribution in [-0.2, 0) is 25.7 Å². The monoisotopic (exact) mass is 895 g/mol. The molecule has 3 aromatic heterocycles. The highest BCUT2D eigenvalue weighted by Crippen LogP contribution is 2.33. The average Bonchev–Trinajstić information content (AvgIpc) is 4.00. The molecule has 5 aliphatic heterocycles. The van der Waals surface area contributed by atoms with Crippen LogP contribution in [0.25, 0.3) is 27.9 Å². The van der Waals surface area contributed by atoms with Gasteiger partial charge in [0.05, 0.1) is 53.5 Å². The molecule has 6 aromatic rings. The number of anilines is 4. The van der Waals surface area contributed by atoms with Gasteiger partial charge in [-0.15, -0.1) is 0 Å². The highest BCUT2D eigenvalue weighted by Gasteiger charge is 2.45. The molecule has 3 aromatic carbocycles. The molecule has 11 rings (SSSR count). The van der Waals surface area contributed by atoms with Gasteiger partial charge in [-0.2, -0.15) is 9.97 Å². The summed E-state index contributed by atoms with van der Waals surface area (Å²) >= 11 is 0. The molecule has 4 saturated heterocycles. The van der Waals surface area contributed by atoms with Crippen LogP contribution in [0, 0.1) is 17.7 Å². The minimum absolute atomic E-state index is 0.0239. The molecule has 0 bridgehead atoms. The molecule has 0 saturated carbocycles. The third-order valence-corrected chi connectivity index (χ3v) is 13.2. The van der Waals surface area contributed by atoms with Gasteiger partial charge in [0.25, 0.3) is 11.8 Å². The zero-order valence-corrected chi connectivity index (χ0v) is 35.8. The third-order valence-electron chi connectivity index (χ3n) is 13.2. The molecule has 0 spiro atoms. The van der Waals surface area contributed by atoms with Crippen LogP contribution in [-0.4, -0.2) is 134 Å². The Morgan fingerprint density at radius 3 is 2.47 bits per heavy atom. The van der Waals surface area contributed by atoms with Crippen molar-refractivity contribution in [3.05, 3.63) is 89.8 Å². The lowest BCUT2D eigenvalue weighted by atomic mass is 9.91. The van der Waals surface area contributed by atoms with Crippen molar-refractivity contribution in [1.82, 2.24) is 44.6 Å². The van der Waals surface area contributed by atoms with Gasteiger partial charge in [0.1, 0.15) is 24.0 Å². The average molecular weight is 896 g/mol. The Hall–Kier alpha value is -7.32. The number of imide groups is 2. The van der Waals surface area contributed by atoms with E-state index in [4.69, 9.17) is 19.7 Å². The normalized spacial score (nSPS) is 19.7. The maximum absolute atomic E-state index is 14.2. The Labute approximate surface area is 376 Å². The van der Waals surface area contributed by atoms with Gasteiger partial charge >= 0.3 is 0 Å². The molecule has 19 nitrogen and oxygen atoms in total. The second-order valence-corrected chi connectivity index (χ2v) is 17.5. The zero-order chi connectivity index (χ0) is 45.1. The number of nitrogens with zero attached hydrogens (tertiary/aromatic N) is 9. The van der Waals surface area contributed by atoms with Gasteiger partial charge in [0, 0.05) is 63.6 Å². The van der Waals surface area contributed by atoms with Crippen molar-refractivity contribution in [2.45, 2.75) is 38.3 Å². The number of hydrogen-bond acceptors (Lipinski definition) is 14. The van der Waals surface area contributed by atoms with Crippen LogP contribution in [0.1, 0.15) is 52.2 Å². The van der Waals surface area contributed by atoms with Crippen LogP contribution < -0.4 is 25.8 Å². The number of aromatic nitrogens is 6. The SMILES string of the molecule is O=C1CCC(N2C(=O)c3ccc(N4CCC(CN5CC(C(=O)Nc6ccc7nc(CNc8nc(N9CCOCC9)nc9c8ncn9-c8cccc(F)c8)[nH]c7c6)C5)CC4)cc3C2=O)C(=O)N1. The van der Waals surface area contributed by atoms with Crippen LogP contribution >= 0.6 is 0 Å². The molecule has 338 valence electrons. The van der Waals surface area contributed by atoms with Crippen LogP contribution in [0.5, 0.6) is 0 Å². The van der Waals surface area contributed by atoms with Crippen molar-refractivity contribution < 1.29 is 33.1 Å². The van der Waals surface area contributed by atoms with Gasteiger partial charge in [-0.05, 0) is 79.8 Å². The van der Waals surface area contributed by atoms with Gasteiger partial charge in [-0.3, -0.25) is 38.8 Å². The maximum atomic E-state index is 14.2. The molecule has 0 radical (unpaired) electrons. The Bertz CT molecular complexity index is 2930. The van der Waals surface area contributed by atoms with Crippen molar-refractivity contribution in [1.29, 1.82) is 0 Å². The number of ether oxygens (including phenoxy) is 1. The van der Waals surface area contributed by atoms with E-state index in [1.165, 1.54) is 12.1 Å².